The molecule has 1 aromatic rings. The molecule has 0 aromatic carbocycles. The zero-order valence-electron chi connectivity index (χ0n) is 10.3. The van der Waals surface area contributed by atoms with Crippen LogP contribution in [-0.4, -0.2) is 24.0 Å². The second kappa shape index (κ2) is 4.62. The van der Waals surface area contributed by atoms with Crippen LogP contribution in [0.5, 0.6) is 0 Å². The molecule has 1 rings (SSSR count). The van der Waals surface area contributed by atoms with Gasteiger partial charge in [0.25, 0.3) is 0 Å². The molecule has 3 nitrogen and oxygen atoms in total. The lowest BCUT2D eigenvalue weighted by Crippen LogP contribution is -2.14. The molecule has 2 N–H and O–H groups in total. The number of aromatic nitrogens is 1. The van der Waals surface area contributed by atoms with Gasteiger partial charge in [-0.1, -0.05) is 13.8 Å². The summed E-state index contributed by atoms with van der Waals surface area (Å²) in [5, 5.41) is 0. The van der Waals surface area contributed by atoms with Crippen LogP contribution in [0.2, 0.25) is 0 Å². The van der Waals surface area contributed by atoms with E-state index in [0.717, 1.165) is 29.2 Å². The van der Waals surface area contributed by atoms with E-state index in [1.165, 1.54) is 0 Å². The van der Waals surface area contributed by atoms with E-state index in [1.54, 1.807) is 0 Å². The monoisotopic (exact) mass is 207 g/mol. The number of nitrogen functional groups attached to an aromatic ring is 1. The van der Waals surface area contributed by atoms with Crippen molar-refractivity contribution >= 4 is 5.69 Å². The average Bonchev–Trinajstić information content (AvgIpc) is 2.09. The highest BCUT2D eigenvalue weighted by Gasteiger charge is 2.10. The van der Waals surface area contributed by atoms with Crippen LogP contribution in [0.4, 0.5) is 5.69 Å². The number of hydrogen-bond acceptors (Lipinski definition) is 3. The average molecular weight is 207 g/mol. The second-order valence-corrected chi connectivity index (χ2v) is 4.62. The first kappa shape index (κ1) is 12.0. The van der Waals surface area contributed by atoms with E-state index in [4.69, 9.17) is 5.73 Å². The summed E-state index contributed by atoms with van der Waals surface area (Å²) in [5.41, 5.74) is 10.1. The van der Waals surface area contributed by atoms with Gasteiger partial charge in [0.05, 0.1) is 17.1 Å². The largest absolute Gasteiger partial charge is 0.397 e. The Morgan fingerprint density at radius 1 is 1.40 bits per heavy atom. The van der Waals surface area contributed by atoms with Crippen molar-refractivity contribution in [2.45, 2.75) is 33.2 Å². The van der Waals surface area contributed by atoms with Crippen LogP contribution in [0, 0.1) is 6.92 Å². The molecule has 0 aliphatic carbocycles. The SMILES string of the molecule is Cc1cc(CN(C)C)nc(C(C)C)c1N. The molecule has 0 unspecified atom stereocenters. The Kier molecular flexibility index (Phi) is 3.69. The highest BCUT2D eigenvalue weighted by molar-refractivity contribution is 5.52. The third-order valence-corrected chi connectivity index (χ3v) is 2.37. The van der Waals surface area contributed by atoms with Gasteiger partial charge in [0.1, 0.15) is 0 Å². The van der Waals surface area contributed by atoms with Gasteiger partial charge in [-0.3, -0.25) is 4.98 Å². The fraction of sp³-hybridized carbons (Fsp3) is 0.583. The molecule has 0 aliphatic heterocycles. The Morgan fingerprint density at radius 3 is 2.47 bits per heavy atom. The van der Waals surface area contributed by atoms with Crippen molar-refractivity contribution in [3.8, 4) is 0 Å². The molecule has 0 aliphatic rings. The third kappa shape index (κ3) is 2.93. The van der Waals surface area contributed by atoms with Crippen molar-refractivity contribution in [2.24, 2.45) is 0 Å². The number of nitrogens with zero attached hydrogens (tertiary/aromatic N) is 2. The summed E-state index contributed by atoms with van der Waals surface area (Å²) < 4.78 is 0. The van der Waals surface area contributed by atoms with Gasteiger partial charge in [-0.2, -0.15) is 0 Å². The lowest BCUT2D eigenvalue weighted by molar-refractivity contribution is 0.396. The molecule has 1 heterocycles. The predicted octanol–water partition coefficient (Wildman–Crippen LogP) is 2.16. The molecule has 0 radical (unpaired) electrons. The summed E-state index contributed by atoms with van der Waals surface area (Å²) in [7, 11) is 4.09. The maximum absolute atomic E-state index is 6.01. The Balaban J connectivity index is 3.11. The van der Waals surface area contributed by atoms with E-state index in [-0.39, 0.29) is 0 Å². The molecule has 0 amide bonds. The molecule has 3 heteroatoms. The maximum atomic E-state index is 6.01. The summed E-state index contributed by atoms with van der Waals surface area (Å²) in [4.78, 5) is 6.72. The van der Waals surface area contributed by atoms with Crippen molar-refractivity contribution in [1.82, 2.24) is 9.88 Å². The van der Waals surface area contributed by atoms with Gasteiger partial charge in [0.2, 0.25) is 0 Å². The third-order valence-electron chi connectivity index (χ3n) is 2.37. The molecule has 0 bridgehead atoms. The van der Waals surface area contributed by atoms with Crippen LogP contribution in [0.3, 0.4) is 0 Å². The van der Waals surface area contributed by atoms with Crippen molar-refractivity contribution < 1.29 is 0 Å². The lowest BCUT2D eigenvalue weighted by Gasteiger charge is -2.15. The summed E-state index contributed by atoms with van der Waals surface area (Å²) in [5.74, 6) is 0.380. The highest BCUT2D eigenvalue weighted by atomic mass is 15.1. The zero-order chi connectivity index (χ0) is 11.6. The molecule has 0 saturated heterocycles. The fourth-order valence-corrected chi connectivity index (χ4v) is 1.62. The van der Waals surface area contributed by atoms with Crippen LogP contribution >= 0.6 is 0 Å². The number of rotatable bonds is 3. The Bertz CT molecular complexity index is 343. The van der Waals surface area contributed by atoms with Gasteiger partial charge in [-0.05, 0) is 38.6 Å². The van der Waals surface area contributed by atoms with Crippen LogP contribution in [0.15, 0.2) is 6.07 Å². The number of nitrogens with two attached hydrogens (primary N) is 1. The van der Waals surface area contributed by atoms with E-state index in [1.807, 2.05) is 21.0 Å². The standard InChI is InChI=1S/C12H21N3/c1-8(2)12-11(13)9(3)6-10(14-12)7-15(4)5/h6,8H,7,13H2,1-5H3. The van der Waals surface area contributed by atoms with Crippen molar-refractivity contribution in [3.63, 3.8) is 0 Å². The normalized spacial score (nSPS) is 11.4. The quantitative estimate of drug-likeness (QED) is 0.826. The van der Waals surface area contributed by atoms with Gasteiger partial charge < -0.3 is 10.6 Å². The Morgan fingerprint density at radius 2 is 2.00 bits per heavy atom. The van der Waals surface area contributed by atoms with Crippen LogP contribution in [0.25, 0.3) is 0 Å². The van der Waals surface area contributed by atoms with Crippen LogP contribution in [-0.2, 0) is 6.54 Å². The molecule has 0 spiro atoms. The predicted molar refractivity (Wildman–Crippen MR) is 64.9 cm³/mol. The molecule has 1 aromatic heterocycles. The first-order valence-corrected chi connectivity index (χ1v) is 5.32. The number of aryl methyl sites for hydroxylation is 1. The maximum Gasteiger partial charge on any atom is 0.0664 e. The number of anilines is 1. The van der Waals surface area contributed by atoms with Crippen molar-refractivity contribution in [1.29, 1.82) is 0 Å². The molecule has 15 heavy (non-hydrogen) atoms. The minimum atomic E-state index is 0.380. The molecule has 0 atom stereocenters. The van der Waals surface area contributed by atoms with E-state index in [0.29, 0.717) is 5.92 Å². The van der Waals surface area contributed by atoms with E-state index in [2.05, 4.69) is 29.8 Å². The summed E-state index contributed by atoms with van der Waals surface area (Å²) in [6.45, 7) is 7.15. The topological polar surface area (TPSA) is 42.2 Å². The summed E-state index contributed by atoms with van der Waals surface area (Å²) in [6, 6.07) is 2.07. The van der Waals surface area contributed by atoms with Crippen molar-refractivity contribution in [3.05, 3.63) is 23.0 Å². The van der Waals surface area contributed by atoms with Crippen LogP contribution in [0.1, 0.15) is 36.7 Å². The van der Waals surface area contributed by atoms with E-state index < -0.39 is 0 Å². The highest BCUT2D eigenvalue weighted by Crippen LogP contribution is 2.23. The van der Waals surface area contributed by atoms with Gasteiger partial charge in [0.15, 0.2) is 0 Å². The van der Waals surface area contributed by atoms with Crippen LogP contribution < -0.4 is 5.73 Å². The molecular formula is C12H21N3. The van der Waals surface area contributed by atoms with Gasteiger partial charge in [0, 0.05) is 6.54 Å². The smallest absolute Gasteiger partial charge is 0.0664 e. The first-order valence-electron chi connectivity index (χ1n) is 5.32. The fourth-order valence-electron chi connectivity index (χ4n) is 1.62. The van der Waals surface area contributed by atoms with Crippen molar-refractivity contribution in [2.75, 3.05) is 19.8 Å². The summed E-state index contributed by atoms with van der Waals surface area (Å²) in [6.07, 6.45) is 0. The number of pyridine rings is 1. The number of hydrogen-bond donors (Lipinski definition) is 1. The molecule has 0 saturated carbocycles. The van der Waals surface area contributed by atoms with E-state index >= 15 is 0 Å². The molecule has 0 fully saturated rings. The lowest BCUT2D eigenvalue weighted by atomic mass is 10.0. The minimum Gasteiger partial charge on any atom is -0.397 e. The first-order chi connectivity index (χ1) is 6.91. The van der Waals surface area contributed by atoms with Gasteiger partial charge in [-0.25, -0.2) is 0 Å². The Hall–Kier alpha value is -1.09. The molecule has 84 valence electrons. The van der Waals surface area contributed by atoms with Gasteiger partial charge >= 0.3 is 0 Å². The minimum absolute atomic E-state index is 0.380. The molecular weight excluding hydrogens is 186 g/mol. The second-order valence-electron chi connectivity index (χ2n) is 4.62. The Labute approximate surface area is 92.3 Å². The summed E-state index contributed by atoms with van der Waals surface area (Å²) >= 11 is 0. The van der Waals surface area contributed by atoms with E-state index in [9.17, 15) is 0 Å². The zero-order valence-corrected chi connectivity index (χ0v) is 10.3. The van der Waals surface area contributed by atoms with Gasteiger partial charge in [-0.15, -0.1) is 0 Å².